The van der Waals surface area contributed by atoms with Crippen molar-refractivity contribution in [2.75, 3.05) is 13.1 Å². The van der Waals surface area contributed by atoms with Gasteiger partial charge in [-0.3, -0.25) is 4.98 Å². The van der Waals surface area contributed by atoms with Crippen LogP contribution in [0.25, 0.3) is 10.9 Å². The Kier molecular flexibility index (Phi) is 4.99. The van der Waals surface area contributed by atoms with Crippen LogP contribution in [0.5, 0.6) is 0 Å². The molecule has 6 heteroatoms. The number of fused-ring (bicyclic) bond motifs is 2. The Hall–Kier alpha value is -2.83. The Bertz CT molecular complexity index is 1280. The largest absolute Gasteiger partial charge is 0.305 e. The fourth-order valence-electron chi connectivity index (χ4n) is 5.02. The maximum absolute atomic E-state index is 13.8. The smallest absolute Gasteiger partial charge is 0.245 e. The van der Waals surface area contributed by atoms with E-state index in [0.29, 0.717) is 37.2 Å². The number of pyridine rings is 1. The van der Waals surface area contributed by atoms with Gasteiger partial charge in [-0.2, -0.15) is 4.31 Å². The fraction of sp³-hybridized carbons (Fsp3) is 0.280. The van der Waals surface area contributed by atoms with E-state index < -0.39 is 10.0 Å². The molecule has 1 N–H and O–H groups in total. The number of nitrogens with one attached hydrogen (secondary N) is 1. The number of para-hydroxylation sites is 1. The molecule has 0 radical (unpaired) electrons. The Balaban J connectivity index is 1.55. The van der Waals surface area contributed by atoms with E-state index in [9.17, 15) is 8.42 Å². The van der Waals surface area contributed by atoms with E-state index in [0.717, 1.165) is 18.2 Å². The molecule has 1 saturated heterocycles. The monoisotopic (exact) mass is 431 g/mol. The summed E-state index contributed by atoms with van der Waals surface area (Å²) >= 11 is 0. The summed E-state index contributed by atoms with van der Waals surface area (Å²) in [5, 5.41) is 8.98. The average molecular weight is 432 g/mol. The van der Waals surface area contributed by atoms with Crippen LogP contribution in [0.4, 0.5) is 0 Å². The van der Waals surface area contributed by atoms with Crippen molar-refractivity contribution in [2.45, 2.75) is 30.6 Å². The molecule has 1 aliphatic carbocycles. The minimum Gasteiger partial charge on any atom is -0.305 e. The number of allylic oxidation sites excluding steroid dienone is 1. The zero-order valence-corrected chi connectivity index (χ0v) is 18.1. The summed E-state index contributed by atoms with van der Waals surface area (Å²) in [7, 11) is -3.69. The molecule has 0 spiro atoms. The Morgan fingerprint density at radius 1 is 1.00 bits per heavy atom. The molecule has 1 fully saturated rings. The maximum atomic E-state index is 13.8. The molecule has 31 heavy (non-hydrogen) atoms. The van der Waals surface area contributed by atoms with Crippen LogP contribution in [-0.2, 0) is 16.4 Å². The molecule has 158 valence electrons. The number of rotatable bonds is 4. The van der Waals surface area contributed by atoms with Gasteiger partial charge in [-0.05, 0) is 49.5 Å². The van der Waals surface area contributed by atoms with Crippen molar-refractivity contribution >= 4 is 26.6 Å². The highest BCUT2D eigenvalue weighted by atomic mass is 32.2. The number of aromatic nitrogens is 1. The van der Waals surface area contributed by atoms with E-state index >= 15 is 0 Å². The van der Waals surface area contributed by atoms with Gasteiger partial charge in [-0.1, -0.05) is 54.1 Å². The van der Waals surface area contributed by atoms with Crippen molar-refractivity contribution in [2.24, 2.45) is 5.41 Å². The van der Waals surface area contributed by atoms with Crippen LogP contribution in [0.1, 0.15) is 24.8 Å². The van der Waals surface area contributed by atoms with E-state index in [4.69, 9.17) is 5.41 Å². The van der Waals surface area contributed by atoms with Crippen molar-refractivity contribution in [3.63, 3.8) is 0 Å². The summed E-state index contributed by atoms with van der Waals surface area (Å²) in [5.74, 6) is 0. The molecule has 1 unspecified atom stereocenters. The first-order chi connectivity index (χ1) is 15.0. The van der Waals surface area contributed by atoms with E-state index in [1.54, 1.807) is 22.6 Å². The second-order valence-corrected chi connectivity index (χ2v) is 10.5. The van der Waals surface area contributed by atoms with Gasteiger partial charge in [0, 0.05) is 35.8 Å². The lowest BCUT2D eigenvalue weighted by Gasteiger charge is -2.46. The Labute approximate surface area is 183 Å². The minimum atomic E-state index is -3.69. The fourth-order valence-corrected chi connectivity index (χ4v) is 6.72. The van der Waals surface area contributed by atoms with Crippen molar-refractivity contribution in [3.05, 3.63) is 84.1 Å². The summed E-state index contributed by atoms with van der Waals surface area (Å²) < 4.78 is 29.2. The average Bonchev–Trinajstić information content (AvgIpc) is 2.79. The van der Waals surface area contributed by atoms with Crippen LogP contribution < -0.4 is 0 Å². The van der Waals surface area contributed by atoms with E-state index in [-0.39, 0.29) is 10.3 Å². The summed E-state index contributed by atoms with van der Waals surface area (Å²) in [6.45, 7) is 0.869. The third-order valence-electron chi connectivity index (χ3n) is 6.61. The van der Waals surface area contributed by atoms with Gasteiger partial charge in [0.1, 0.15) is 4.90 Å². The topological polar surface area (TPSA) is 74.1 Å². The van der Waals surface area contributed by atoms with Crippen LogP contribution in [0.2, 0.25) is 0 Å². The molecule has 1 aromatic heterocycles. The number of piperidine rings is 1. The van der Waals surface area contributed by atoms with E-state index in [1.807, 2.05) is 42.5 Å². The number of benzene rings is 2. The molecular weight excluding hydrogens is 406 g/mol. The lowest BCUT2D eigenvalue weighted by atomic mass is 9.66. The van der Waals surface area contributed by atoms with E-state index in [1.165, 1.54) is 11.1 Å². The molecule has 0 saturated carbocycles. The Morgan fingerprint density at radius 3 is 2.65 bits per heavy atom. The van der Waals surface area contributed by atoms with Crippen LogP contribution in [0.3, 0.4) is 0 Å². The van der Waals surface area contributed by atoms with Gasteiger partial charge in [-0.15, -0.1) is 0 Å². The van der Waals surface area contributed by atoms with Gasteiger partial charge in [0.25, 0.3) is 0 Å². The molecule has 2 heterocycles. The standard InChI is InChI=1S/C25H25N3O2S/c26-22-11-13-25(17-19-6-2-1-3-7-19)18-28(15-12-21(25)16-22)31(29,30)23-10-4-8-20-9-5-14-27-24(20)23/h1-10,14,16,26H,11-13,15,17-18H2. The predicted octanol–water partition coefficient (Wildman–Crippen LogP) is 4.60. The Morgan fingerprint density at radius 2 is 1.81 bits per heavy atom. The van der Waals surface area contributed by atoms with Gasteiger partial charge in [0.15, 0.2) is 0 Å². The number of nitrogens with zero attached hydrogens (tertiary/aromatic N) is 2. The van der Waals surface area contributed by atoms with Crippen LogP contribution in [-0.4, -0.2) is 36.5 Å². The normalized spacial score (nSPS) is 22.2. The summed E-state index contributed by atoms with van der Waals surface area (Å²) in [6, 6.07) is 19.3. The second kappa shape index (κ2) is 7.70. The highest BCUT2D eigenvalue weighted by molar-refractivity contribution is 7.89. The molecule has 3 aromatic rings. The van der Waals surface area contributed by atoms with Gasteiger partial charge < -0.3 is 5.41 Å². The highest BCUT2D eigenvalue weighted by Crippen LogP contribution is 2.46. The molecule has 2 aromatic carbocycles. The van der Waals surface area contributed by atoms with Crippen LogP contribution >= 0.6 is 0 Å². The first-order valence-corrected chi connectivity index (χ1v) is 12.1. The van der Waals surface area contributed by atoms with Crippen LogP contribution in [0, 0.1) is 10.8 Å². The zero-order chi connectivity index (χ0) is 21.5. The zero-order valence-electron chi connectivity index (χ0n) is 17.3. The van der Waals surface area contributed by atoms with Crippen molar-refractivity contribution < 1.29 is 8.42 Å². The van der Waals surface area contributed by atoms with Gasteiger partial charge >= 0.3 is 0 Å². The first-order valence-electron chi connectivity index (χ1n) is 10.6. The maximum Gasteiger partial charge on any atom is 0.245 e. The molecule has 5 rings (SSSR count). The number of hydrogen-bond acceptors (Lipinski definition) is 4. The molecule has 1 aliphatic heterocycles. The summed E-state index contributed by atoms with van der Waals surface area (Å²) in [4.78, 5) is 4.65. The van der Waals surface area contributed by atoms with E-state index in [2.05, 4.69) is 17.1 Å². The SMILES string of the molecule is N=C1C=C2CCN(S(=O)(=O)c3cccc4cccnc34)CC2(Cc2ccccc2)CC1. The molecule has 5 nitrogen and oxygen atoms in total. The minimum absolute atomic E-state index is 0.269. The number of sulfonamides is 1. The first kappa shape index (κ1) is 20.1. The van der Waals surface area contributed by atoms with Gasteiger partial charge in [0.05, 0.1) is 5.52 Å². The lowest BCUT2D eigenvalue weighted by Crippen LogP contribution is -2.49. The molecule has 1 atom stereocenters. The van der Waals surface area contributed by atoms with Gasteiger partial charge in [-0.25, -0.2) is 8.42 Å². The summed E-state index contributed by atoms with van der Waals surface area (Å²) in [6.07, 6.45) is 6.56. The summed E-state index contributed by atoms with van der Waals surface area (Å²) in [5.41, 5.74) is 3.32. The second-order valence-electron chi connectivity index (χ2n) is 8.56. The van der Waals surface area contributed by atoms with Crippen molar-refractivity contribution in [1.29, 1.82) is 5.41 Å². The highest BCUT2D eigenvalue weighted by Gasteiger charge is 2.45. The van der Waals surface area contributed by atoms with Crippen LogP contribution in [0.15, 0.2) is 83.4 Å². The predicted molar refractivity (Wildman–Crippen MR) is 123 cm³/mol. The molecular formula is C25H25N3O2S. The van der Waals surface area contributed by atoms with Crippen molar-refractivity contribution in [1.82, 2.24) is 9.29 Å². The van der Waals surface area contributed by atoms with Crippen molar-refractivity contribution in [3.8, 4) is 0 Å². The third-order valence-corrected chi connectivity index (χ3v) is 8.49. The van der Waals surface area contributed by atoms with Gasteiger partial charge in [0.2, 0.25) is 10.0 Å². The number of hydrogen-bond donors (Lipinski definition) is 1. The molecule has 0 bridgehead atoms. The lowest BCUT2D eigenvalue weighted by molar-refractivity contribution is 0.198. The third kappa shape index (κ3) is 3.60. The quantitative estimate of drug-likeness (QED) is 0.656. The molecule has 0 amide bonds. The molecule has 2 aliphatic rings.